The Bertz CT molecular complexity index is 391. The molecule has 0 bridgehead atoms. The molecule has 1 aromatic heterocycles. The minimum Gasteiger partial charge on any atom is -0.476 e. The highest BCUT2D eigenvalue weighted by Gasteiger charge is 2.22. The second kappa shape index (κ2) is 6.32. The van der Waals surface area contributed by atoms with Gasteiger partial charge in [0.1, 0.15) is 5.03 Å². The zero-order valence-electron chi connectivity index (χ0n) is 11.2. The number of rotatable bonds is 7. The van der Waals surface area contributed by atoms with Gasteiger partial charge >= 0.3 is 0 Å². The van der Waals surface area contributed by atoms with E-state index in [-0.39, 0.29) is 0 Å². The molecule has 1 fully saturated rings. The molecule has 0 radical (unpaired) electrons. The summed E-state index contributed by atoms with van der Waals surface area (Å²) < 4.78 is 5.68. The average molecular weight is 266 g/mol. The maximum atomic E-state index is 5.88. The third-order valence-corrected chi connectivity index (χ3v) is 3.92. The van der Waals surface area contributed by atoms with E-state index in [0.29, 0.717) is 11.6 Å². The van der Waals surface area contributed by atoms with Crippen molar-refractivity contribution in [1.29, 1.82) is 0 Å². The normalized spacial score (nSPS) is 15.1. The molecule has 2 rings (SSSR count). The number of nitrogen functional groups attached to an aromatic ring is 1. The Labute approximate surface area is 114 Å². The summed E-state index contributed by atoms with van der Waals surface area (Å²) in [6, 6.07) is 3.87. The molecular weight excluding hydrogens is 244 g/mol. The molecule has 100 valence electrons. The van der Waals surface area contributed by atoms with Crippen molar-refractivity contribution in [3.63, 3.8) is 0 Å². The summed E-state index contributed by atoms with van der Waals surface area (Å²) in [5.41, 5.74) is 6.52. The maximum absolute atomic E-state index is 5.88. The minimum atomic E-state index is 0.608. The molecule has 3 nitrogen and oxygen atoms in total. The smallest absolute Gasteiger partial charge is 0.238 e. The van der Waals surface area contributed by atoms with Crippen molar-refractivity contribution in [1.82, 2.24) is 4.98 Å². The number of nitrogens with zero attached hydrogens (tertiary/aromatic N) is 1. The molecule has 1 aromatic rings. The second-order valence-corrected chi connectivity index (χ2v) is 6.44. The highest BCUT2D eigenvalue weighted by molar-refractivity contribution is 7.99. The quantitative estimate of drug-likeness (QED) is 0.766. The fraction of sp³-hybridized carbons (Fsp3) is 0.643. The lowest BCUT2D eigenvalue weighted by atomic mass is 10.2. The van der Waals surface area contributed by atoms with Gasteiger partial charge in [-0.15, -0.1) is 11.8 Å². The molecule has 0 amide bonds. The predicted molar refractivity (Wildman–Crippen MR) is 77.0 cm³/mol. The summed E-state index contributed by atoms with van der Waals surface area (Å²) in [5.74, 6) is 3.16. The van der Waals surface area contributed by atoms with Crippen LogP contribution in [0.2, 0.25) is 0 Å². The Hall–Kier alpha value is -0.900. The summed E-state index contributed by atoms with van der Waals surface area (Å²) in [5, 5.41) is 1.01. The van der Waals surface area contributed by atoms with E-state index < -0.39 is 0 Å². The minimum absolute atomic E-state index is 0.608. The summed E-state index contributed by atoms with van der Waals surface area (Å²) >= 11 is 1.77. The van der Waals surface area contributed by atoms with E-state index in [4.69, 9.17) is 10.5 Å². The van der Waals surface area contributed by atoms with Crippen LogP contribution < -0.4 is 10.5 Å². The van der Waals surface area contributed by atoms with Gasteiger partial charge in [0.25, 0.3) is 0 Å². The number of hydrogen-bond donors (Lipinski definition) is 1. The zero-order chi connectivity index (χ0) is 13.0. The van der Waals surface area contributed by atoms with Gasteiger partial charge in [0.2, 0.25) is 5.88 Å². The first kappa shape index (κ1) is 13.5. The number of thioether (sulfide) groups is 1. The Kier molecular flexibility index (Phi) is 4.75. The van der Waals surface area contributed by atoms with Gasteiger partial charge in [0, 0.05) is 0 Å². The van der Waals surface area contributed by atoms with Gasteiger partial charge in [-0.05, 0) is 49.0 Å². The van der Waals surface area contributed by atoms with Crippen molar-refractivity contribution in [3.05, 3.63) is 12.1 Å². The predicted octanol–water partition coefficient (Wildman–Crippen LogP) is 3.59. The first-order valence-corrected chi connectivity index (χ1v) is 7.66. The summed E-state index contributed by atoms with van der Waals surface area (Å²) in [6.45, 7) is 5.24. The van der Waals surface area contributed by atoms with Crippen LogP contribution in [0, 0.1) is 11.8 Å². The van der Waals surface area contributed by atoms with Crippen LogP contribution >= 0.6 is 11.8 Å². The number of hydrogen-bond acceptors (Lipinski definition) is 4. The zero-order valence-corrected chi connectivity index (χ0v) is 12.0. The van der Waals surface area contributed by atoms with E-state index in [1.807, 2.05) is 12.1 Å². The van der Waals surface area contributed by atoms with Crippen LogP contribution in [0.5, 0.6) is 5.88 Å². The average Bonchev–Trinajstić information content (AvgIpc) is 3.13. The monoisotopic (exact) mass is 266 g/mol. The SMILES string of the molecule is CC(C)CCSc1ccc(N)c(OCC2CC2)n1. The Morgan fingerprint density at radius 2 is 2.22 bits per heavy atom. The standard InChI is InChI=1S/C14H22N2OS/c1-10(2)7-8-18-13-6-5-12(15)14(16-13)17-9-11-3-4-11/h5-6,10-11H,3-4,7-9,15H2,1-2H3. The molecule has 0 spiro atoms. The van der Waals surface area contributed by atoms with Crippen LogP contribution in [0.3, 0.4) is 0 Å². The van der Waals surface area contributed by atoms with E-state index in [1.165, 1.54) is 19.3 Å². The van der Waals surface area contributed by atoms with Crippen molar-refractivity contribution >= 4 is 17.4 Å². The molecular formula is C14H22N2OS. The van der Waals surface area contributed by atoms with Gasteiger partial charge in [-0.2, -0.15) is 0 Å². The maximum Gasteiger partial charge on any atom is 0.238 e. The molecule has 0 unspecified atom stereocenters. The molecule has 18 heavy (non-hydrogen) atoms. The van der Waals surface area contributed by atoms with Gasteiger partial charge < -0.3 is 10.5 Å². The molecule has 0 atom stereocenters. The van der Waals surface area contributed by atoms with Crippen molar-refractivity contribution in [3.8, 4) is 5.88 Å². The van der Waals surface area contributed by atoms with Gasteiger partial charge in [0.05, 0.1) is 12.3 Å². The number of aromatic nitrogens is 1. The van der Waals surface area contributed by atoms with Gasteiger partial charge in [-0.1, -0.05) is 13.8 Å². The largest absolute Gasteiger partial charge is 0.476 e. The van der Waals surface area contributed by atoms with Crippen LogP contribution in [0.15, 0.2) is 17.2 Å². The van der Waals surface area contributed by atoms with Crippen LogP contribution in [-0.4, -0.2) is 17.3 Å². The van der Waals surface area contributed by atoms with Crippen LogP contribution in [0.1, 0.15) is 33.1 Å². The Morgan fingerprint density at radius 3 is 2.89 bits per heavy atom. The molecule has 1 heterocycles. The Balaban J connectivity index is 1.87. The van der Waals surface area contributed by atoms with Crippen molar-refractivity contribution < 1.29 is 4.74 Å². The second-order valence-electron chi connectivity index (χ2n) is 5.33. The lowest BCUT2D eigenvalue weighted by Gasteiger charge is -2.09. The number of pyridine rings is 1. The van der Waals surface area contributed by atoms with E-state index in [0.717, 1.165) is 29.2 Å². The molecule has 4 heteroatoms. The Morgan fingerprint density at radius 1 is 1.44 bits per heavy atom. The summed E-state index contributed by atoms with van der Waals surface area (Å²) in [4.78, 5) is 4.48. The fourth-order valence-corrected chi connectivity index (χ4v) is 2.62. The lowest BCUT2D eigenvalue weighted by molar-refractivity contribution is 0.288. The molecule has 1 aliphatic carbocycles. The van der Waals surface area contributed by atoms with Gasteiger partial charge in [-0.3, -0.25) is 0 Å². The molecule has 0 aliphatic heterocycles. The van der Waals surface area contributed by atoms with Gasteiger partial charge in [0.15, 0.2) is 0 Å². The third-order valence-electron chi connectivity index (χ3n) is 2.96. The molecule has 1 saturated carbocycles. The van der Waals surface area contributed by atoms with Crippen molar-refractivity contribution in [2.24, 2.45) is 11.8 Å². The van der Waals surface area contributed by atoms with E-state index >= 15 is 0 Å². The van der Waals surface area contributed by atoms with E-state index in [9.17, 15) is 0 Å². The van der Waals surface area contributed by atoms with Crippen LogP contribution in [-0.2, 0) is 0 Å². The third kappa shape index (κ3) is 4.41. The number of nitrogens with two attached hydrogens (primary N) is 1. The summed E-state index contributed by atoms with van der Waals surface area (Å²) in [6.07, 6.45) is 3.76. The van der Waals surface area contributed by atoms with Crippen LogP contribution in [0.4, 0.5) is 5.69 Å². The number of ether oxygens (including phenoxy) is 1. The topological polar surface area (TPSA) is 48.1 Å². The molecule has 0 aromatic carbocycles. The number of anilines is 1. The van der Waals surface area contributed by atoms with E-state index in [1.54, 1.807) is 11.8 Å². The highest BCUT2D eigenvalue weighted by Crippen LogP contribution is 2.31. The molecule has 1 aliphatic rings. The van der Waals surface area contributed by atoms with Crippen LogP contribution in [0.25, 0.3) is 0 Å². The first-order chi connectivity index (χ1) is 8.65. The van der Waals surface area contributed by atoms with E-state index in [2.05, 4.69) is 18.8 Å². The molecule has 2 N–H and O–H groups in total. The first-order valence-electron chi connectivity index (χ1n) is 6.67. The van der Waals surface area contributed by atoms with Crippen molar-refractivity contribution in [2.75, 3.05) is 18.1 Å². The highest BCUT2D eigenvalue weighted by atomic mass is 32.2. The summed E-state index contributed by atoms with van der Waals surface area (Å²) in [7, 11) is 0. The lowest BCUT2D eigenvalue weighted by Crippen LogP contribution is -2.04. The fourth-order valence-electron chi connectivity index (χ4n) is 1.51. The molecule has 0 saturated heterocycles. The van der Waals surface area contributed by atoms with Gasteiger partial charge in [-0.25, -0.2) is 4.98 Å². The van der Waals surface area contributed by atoms with Crippen molar-refractivity contribution in [2.45, 2.75) is 38.1 Å².